The van der Waals surface area contributed by atoms with Crippen molar-refractivity contribution in [3.63, 3.8) is 0 Å². The fourth-order valence-electron chi connectivity index (χ4n) is 2.47. The van der Waals surface area contributed by atoms with E-state index in [1.807, 2.05) is 11.3 Å². The molecule has 1 aliphatic rings. The highest BCUT2D eigenvalue weighted by Crippen LogP contribution is 2.40. The summed E-state index contributed by atoms with van der Waals surface area (Å²) in [5.41, 5.74) is 2.61. The Morgan fingerprint density at radius 3 is 2.79 bits per heavy atom. The van der Waals surface area contributed by atoms with Crippen LogP contribution in [0.5, 0.6) is 0 Å². The van der Waals surface area contributed by atoms with Crippen molar-refractivity contribution >= 4 is 64.8 Å². The van der Waals surface area contributed by atoms with Gasteiger partial charge in [0.1, 0.15) is 0 Å². The van der Waals surface area contributed by atoms with Crippen molar-refractivity contribution in [2.24, 2.45) is 0 Å². The van der Waals surface area contributed by atoms with Crippen LogP contribution in [0.25, 0.3) is 0 Å². The molecule has 0 saturated carbocycles. The first-order valence-electron chi connectivity index (χ1n) is 6.13. The molecule has 1 heterocycles. The van der Waals surface area contributed by atoms with Gasteiger partial charge in [0.05, 0.1) is 9.83 Å². The molecule has 0 radical (unpaired) electrons. The maximum Gasteiger partial charge on any atom is 0.0705 e. The minimum atomic E-state index is 0.420. The monoisotopic (exact) mass is 463 g/mol. The number of benzene rings is 1. The first kappa shape index (κ1) is 14.1. The average molecular weight is 466 g/mol. The third kappa shape index (κ3) is 3.09. The molecule has 1 N–H and O–H groups in total. The highest BCUT2D eigenvalue weighted by molar-refractivity contribution is 9.11. The molecule has 1 aromatic heterocycles. The van der Waals surface area contributed by atoms with Gasteiger partial charge in [0.15, 0.2) is 0 Å². The van der Waals surface area contributed by atoms with Crippen LogP contribution in [-0.2, 0) is 6.42 Å². The molecule has 5 heteroatoms. The normalized spacial score (nSPS) is 18.2. The van der Waals surface area contributed by atoms with Crippen molar-refractivity contribution in [3.05, 3.63) is 47.4 Å². The Morgan fingerprint density at radius 1 is 1.16 bits per heavy atom. The van der Waals surface area contributed by atoms with E-state index >= 15 is 0 Å². The van der Waals surface area contributed by atoms with Gasteiger partial charge in [0.2, 0.25) is 0 Å². The molecular weight excluding hydrogens is 454 g/mol. The quantitative estimate of drug-likeness (QED) is 0.532. The second-order valence-corrected chi connectivity index (χ2v) is 8.93. The summed E-state index contributed by atoms with van der Waals surface area (Å²) >= 11 is 12.6. The fraction of sp³-hybridized carbons (Fsp3) is 0.286. The molecule has 1 atom stereocenters. The van der Waals surface area contributed by atoms with Crippen molar-refractivity contribution in [1.82, 2.24) is 0 Å². The predicted molar refractivity (Wildman–Crippen MR) is 93.2 cm³/mol. The van der Waals surface area contributed by atoms with Gasteiger partial charge >= 0.3 is 0 Å². The lowest BCUT2D eigenvalue weighted by Gasteiger charge is -2.25. The van der Waals surface area contributed by atoms with E-state index in [-0.39, 0.29) is 0 Å². The van der Waals surface area contributed by atoms with Crippen molar-refractivity contribution < 1.29 is 0 Å². The van der Waals surface area contributed by atoms with Crippen LogP contribution in [0.1, 0.15) is 29.3 Å². The van der Waals surface area contributed by atoms with Gasteiger partial charge in [-0.25, -0.2) is 0 Å². The summed E-state index contributed by atoms with van der Waals surface area (Å²) in [7, 11) is 0. The van der Waals surface area contributed by atoms with Crippen LogP contribution in [0, 0.1) is 0 Å². The van der Waals surface area contributed by atoms with E-state index in [0.29, 0.717) is 6.04 Å². The van der Waals surface area contributed by atoms with Gasteiger partial charge in [-0.1, -0.05) is 15.9 Å². The van der Waals surface area contributed by atoms with Crippen LogP contribution >= 0.6 is 59.1 Å². The Kier molecular flexibility index (Phi) is 4.37. The molecule has 3 rings (SSSR count). The van der Waals surface area contributed by atoms with Crippen molar-refractivity contribution in [1.29, 1.82) is 0 Å². The molecular formula is C14H12Br3NS. The van der Waals surface area contributed by atoms with Gasteiger partial charge in [0.25, 0.3) is 0 Å². The third-order valence-corrected chi connectivity index (χ3v) is 6.21. The number of hydrogen-bond donors (Lipinski definition) is 1. The van der Waals surface area contributed by atoms with E-state index in [9.17, 15) is 0 Å². The SMILES string of the molecule is Brc1ccc(NC2CCCc3sc(Br)cc32)c(Br)c1. The van der Waals surface area contributed by atoms with Crippen LogP contribution in [0.4, 0.5) is 5.69 Å². The van der Waals surface area contributed by atoms with E-state index in [1.54, 1.807) is 0 Å². The summed E-state index contributed by atoms with van der Waals surface area (Å²) in [4.78, 5) is 1.52. The molecule has 0 saturated heterocycles. The minimum absolute atomic E-state index is 0.420. The highest BCUT2D eigenvalue weighted by Gasteiger charge is 2.23. The lowest BCUT2D eigenvalue weighted by atomic mass is 9.94. The van der Waals surface area contributed by atoms with Crippen LogP contribution in [0.15, 0.2) is 37.0 Å². The first-order chi connectivity index (χ1) is 9.13. The van der Waals surface area contributed by atoms with Crippen molar-refractivity contribution in [2.75, 3.05) is 5.32 Å². The number of rotatable bonds is 2. The largest absolute Gasteiger partial charge is 0.377 e. The molecule has 1 unspecified atom stereocenters. The Hall–Kier alpha value is 0.160. The molecule has 0 spiro atoms. The topological polar surface area (TPSA) is 12.0 Å². The number of nitrogens with one attached hydrogen (secondary N) is 1. The van der Waals surface area contributed by atoms with E-state index < -0.39 is 0 Å². The molecule has 2 aromatic rings. The number of anilines is 1. The molecule has 19 heavy (non-hydrogen) atoms. The van der Waals surface area contributed by atoms with Crippen LogP contribution in [-0.4, -0.2) is 0 Å². The fourth-order valence-corrected chi connectivity index (χ4v) is 5.45. The van der Waals surface area contributed by atoms with Crippen LogP contribution < -0.4 is 5.32 Å². The summed E-state index contributed by atoms with van der Waals surface area (Å²) in [6.45, 7) is 0. The molecule has 1 aromatic carbocycles. The van der Waals surface area contributed by atoms with Gasteiger partial charge in [-0.2, -0.15) is 0 Å². The van der Waals surface area contributed by atoms with Gasteiger partial charge in [-0.3, -0.25) is 0 Å². The lowest BCUT2D eigenvalue weighted by molar-refractivity contribution is 0.608. The van der Waals surface area contributed by atoms with Crippen molar-refractivity contribution in [2.45, 2.75) is 25.3 Å². The summed E-state index contributed by atoms with van der Waals surface area (Å²) in [5, 5.41) is 3.66. The maximum absolute atomic E-state index is 3.66. The summed E-state index contributed by atoms with van der Waals surface area (Å²) in [6, 6.07) is 8.95. The molecule has 0 bridgehead atoms. The number of halogens is 3. The van der Waals surface area contributed by atoms with Crippen LogP contribution in [0.2, 0.25) is 0 Å². The Morgan fingerprint density at radius 2 is 2.00 bits per heavy atom. The molecule has 100 valence electrons. The van der Waals surface area contributed by atoms with E-state index in [1.165, 1.54) is 33.5 Å². The summed E-state index contributed by atoms with van der Waals surface area (Å²) in [5.74, 6) is 0. The van der Waals surface area contributed by atoms with E-state index in [4.69, 9.17) is 0 Å². The number of hydrogen-bond acceptors (Lipinski definition) is 2. The zero-order valence-corrected chi connectivity index (χ0v) is 15.6. The molecule has 1 aliphatic carbocycles. The average Bonchev–Trinajstić information content (AvgIpc) is 2.74. The summed E-state index contributed by atoms with van der Waals surface area (Å²) < 4.78 is 3.43. The van der Waals surface area contributed by atoms with Gasteiger partial charge < -0.3 is 5.32 Å². The van der Waals surface area contributed by atoms with E-state index in [0.717, 1.165) is 14.6 Å². The zero-order chi connectivity index (χ0) is 13.4. The van der Waals surface area contributed by atoms with E-state index in [2.05, 4.69) is 77.4 Å². The second kappa shape index (κ2) is 5.88. The molecule has 0 fully saturated rings. The molecule has 0 aliphatic heterocycles. The predicted octanol–water partition coefficient (Wildman–Crippen LogP) is 6.53. The van der Waals surface area contributed by atoms with Crippen molar-refractivity contribution in [3.8, 4) is 0 Å². The van der Waals surface area contributed by atoms with Gasteiger partial charge in [-0.05, 0) is 81.0 Å². The standard InChI is InChI=1S/C14H12Br3NS/c15-8-4-5-12(10(16)6-8)18-11-2-1-3-13-9(11)7-14(17)19-13/h4-7,11,18H,1-3H2. The minimum Gasteiger partial charge on any atom is -0.377 e. The zero-order valence-electron chi connectivity index (χ0n) is 10.1. The summed E-state index contributed by atoms with van der Waals surface area (Å²) in [6.07, 6.45) is 3.66. The maximum atomic E-state index is 3.66. The first-order valence-corrected chi connectivity index (χ1v) is 9.33. The highest BCUT2D eigenvalue weighted by atomic mass is 79.9. The Bertz CT molecular complexity index is 609. The van der Waals surface area contributed by atoms with Gasteiger partial charge in [-0.15, -0.1) is 11.3 Å². The van der Waals surface area contributed by atoms with Crippen LogP contribution in [0.3, 0.4) is 0 Å². The smallest absolute Gasteiger partial charge is 0.0705 e. The lowest BCUT2D eigenvalue weighted by Crippen LogP contribution is -2.15. The number of aryl methyl sites for hydroxylation is 1. The molecule has 0 amide bonds. The molecule has 1 nitrogen and oxygen atoms in total. The Balaban J connectivity index is 1.88. The third-order valence-electron chi connectivity index (χ3n) is 3.34. The second-order valence-electron chi connectivity index (χ2n) is 4.64. The number of thiophene rings is 1. The Labute approximate surface area is 142 Å². The van der Waals surface area contributed by atoms with Gasteiger partial charge in [0, 0.05) is 19.5 Å². The number of fused-ring (bicyclic) bond motifs is 1.